The van der Waals surface area contributed by atoms with Gasteiger partial charge in [-0.25, -0.2) is 12.7 Å². The highest BCUT2D eigenvalue weighted by Crippen LogP contribution is 2.17. The molecule has 0 aliphatic heterocycles. The molecule has 0 aliphatic carbocycles. The summed E-state index contributed by atoms with van der Waals surface area (Å²) in [7, 11) is -2.09. The summed E-state index contributed by atoms with van der Waals surface area (Å²) in [6, 6.07) is 13.6. The number of carboxylic acids is 1. The second kappa shape index (κ2) is 6.24. The van der Waals surface area contributed by atoms with E-state index >= 15 is 0 Å². The predicted octanol–water partition coefficient (Wildman–Crippen LogP) is 2.08. The topological polar surface area (TPSA) is 74.7 Å². The molecule has 6 heteroatoms. The van der Waals surface area contributed by atoms with Crippen LogP contribution in [0.2, 0.25) is 0 Å². The van der Waals surface area contributed by atoms with Crippen LogP contribution in [0, 0.1) is 0 Å². The molecule has 2 aromatic carbocycles. The van der Waals surface area contributed by atoms with Crippen LogP contribution in [0.15, 0.2) is 42.5 Å². The zero-order chi connectivity index (χ0) is 15.5. The van der Waals surface area contributed by atoms with Crippen molar-refractivity contribution in [3.05, 3.63) is 48.0 Å². The van der Waals surface area contributed by atoms with Crippen molar-refractivity contribution in [3.8, 4) is 0 Å². The van der Waals surface area contributed by atoms with Gasteiger partial charge >= 0.3 is 5.97 Å². The third-order valence-electron chi connectivity index (χ3n) is 3.27. The van der Waals surface area contributed by atoms with Gasteiger partial charge < -0.3 is 5.11 Å². The maximum atomic E-state index is 12.0. The Morgan fingerprint density at radius 3 is 2.48 bits per heavy atom. The number of aliphatic carboxylic acids is 1. The molecule has 0 saturated carbocycles. The van der Waals surface area contributed by atoms with E-state index in [2.05, 4.69) is 0 Å². The smallest absolute Gasteiger partial charge is 0.304 e. The molecule has 0 radical (unpaired) electrons. The van der Waals surface area contributed by atoms with Gasteiger partial charge in [-0.3, -0.25) is 4.79 Å². The van der Waals surface area contributed by atoms with E-state index in [4.69, 9.17) is 5.11 Å². The van der Waals surface area contributed by atoms with E-state index in [1.165, 1.54) is 11.4 Å². The van der Waals surface area contributed by atoms with E-state index in [0.717, 1.165) is 16.3 Å². The summed E-state index contributed by atoms with van der Waals surface area (Å²) in [6.45, 7) is 0.229. The zero-order valence-electron chi connectivity index (χ0n) is 11.7. The maximum Gasteiger partial charge on any atom is 0.304 e. The molecule has 0 aliphatic rings. The predicted molar refractivity (Wildman–Crippen MR) is 81.5 cm³/mol. The van der Waals surface area contributed by atoms with Gasteiger partial charge in [-0.15, -0.1) is 0 Å². The lowest BCUT2D eigenvalue weighted by Gasteiger charge is -2.17. The number of fused-ring (bicyclic) bond motifs is 1. The highest BCUT2D eigenvalue weighted by atomic mass is 32.2. The minimum atomic E-state index is -3.55. The van der Waals surface area contributed by atoms with Gasteiger partial charge in [0.05, 0.1) is 12.2 Å². The first-order valence-corrected chi connectivity index (χ1v) is 8.13. The van der Waals surface area contributed by atoms with Crippen molar-refractivity contribution in [2.24, 2.45) is 0 Å². The average molecular weight is 307 g/mol. The fourth-order valence-corrected chi connectivity index (χ4v) is 3.15. The molecule has 0 aromatic heterocycles. The normalized spacial score (nSPS) is 11.9. The highest BCUT2D eigenvalue weighted by molar-refractivity contribution is 7.89. The number of hydrogen-bond donors (Lipinski definition) is 1. The average Bonchev–Trinajstić information content (AvgIpc) is 2.45. The Balaban J connectivity index is 2.13. The molecule has 0 unspecified atom stereocenters. The summed E-state index contributed by atoms with van der Waals surface area (Å²) in [4.78, 5) is 10.5. The van der Waals surface area contributed by atoms with Gasteiger partial charge in [0.2, 0.25) is 10.0 Å². The van der Waals surface area contributed by atoms with Crippen LogP contribution in [-0.4, -0.2) is 36.6 Å². The molecular formula is C15H17NO4S. The van der Waals surface area contributed by atoms with Crippen LogP contribution in [0.5, 0.6) is 0 Å². The number of carboxylic acid groups (broad SMARTS) is 1. The third-order valence-corrected chi connectivity index (χ3v) is 5.07. The van der Waals surface area contributed by atoms with Crippen LogP contribution in [0.4, 0.5) is 0 Å². The largest absolute Gasteiger partial charge is 0.481 e. The molecule has 5 nitrogen and oxygen atoms in total. The van der Waals surface area contributed by atoms with E-state index in [-0.39, 0.29) is 18.7 Å². The van der Waals surface area contributed by atoms with Crippen molar-refractivity contribution in [2.45, 2.75) is 13.0 Å². The molecule has 2 aromatic rings. The van der Waals surface area contributed by atoms with E-state index < -0.39 is 16.0 Å². The van der Waals surface area contributed by atoms with Gasteiger partial charge in [0.25, 0.3) is 0 Å². The summed E-state index contributed by atoms with van der Waals surface area (Å²) in [5.41, 5.74) is 0.870. The van der Waals surface area contributed by atoms with Gasteiger partial charge in [-0.2, -0.15) is 0 Å². The van der Waals surface area contributed by atoms with E-state index in [1.807, 2.05) is 42.5 Å². The lowest BCUT2D eigenvalue weighted by molar-refractivity contribution is -0.136. The molecule has 112 valence electrons. The van der Waals surface area contributed by atoms with Crippen LogP contribution in [0.25, 0.3) is 10.8 Å². The Morgan fingerprint density at radius 2 is 1.81 bits per heavy atom. The Labute approximate surface area is 123 Å². The van der Waals surface area contributed by atoms with Gasteiger partial charge in [0.1, 0.15) is 0 Å². The molecule has 0 spiro atoms. The van der Waals surface area contributed by atoms with Crippen LogP contribution in [0.1, 0.15) is 12.0 Å². The van der Waals surface area contributed by atoms with Crippen molar-refractivity contribution in [1.29, 1.82) is 0 Å². The highest BCUT2D eigenvalue weighted by Gasteiger charge is 2.19. The number of benzene rings is 2. The Morgan fingerprint density at radius 1 is 1.14 bits per heavy atom. The molecule has 0 saturated heterocycles. The zero-order valence-corrected chi connectivity index (χ0v) is 12.5. The lowest BCUT2D eigenvalue weighted by Crippen LogP contribution is -2.29. The van der Waals surface area contributed by atoms with Crippen molar-refractivity contribution in [2.75, 3.05) is 12.8 Å². The van der Waals surface area contributed by atoms with Crippen LogP contribution >= 0.6 is 0 Å². The van der Waals surface area contributed by atoms with Crippen molar-refractivity contribution >= 4 is 26.8 Å². The number of hydrogen-bond acceptors (Lipinski definition) is 3. The van der Waals surface area contributed by atoms with Crippen molar-refractivity contribution in [1.82, 2.24) is 4.31 Å². The Hall–Kier alpha value is -1.92. The summed E-state index contributed by atoms with van der Waals surface area (Å²) in [5.74, 6) is -1.50. The van der Waals surface area contributed by atoms with Gasteiger partial charge in [-0.1, -0.05) is 36.4 Å². The van der Waals surface area contributed by atoms with Crippen LogP contribution < -0.4 is 0 Å². The summed E-state index contributed by atoms with van der Waals surface area (Å²) in [6.07, 6.45) is -0.385. The third kappa shape index (κ3) is 4.03. The molecule has 0 fully saturated rings. The van der Waals surface area contributed by atoms with E-state index in [0.29, 0.717) is 0 Å². The minimum Gasteiger partial charge on any atom is -0.481 e. The SMILES string of the molecule is CN(Cc1ccc2ccccc2c1)S(=O)(=O)CCC(=O)O. The Kier molecular flexibility index (Phi) is 4.59. The van der Waals surface area contributed by atoms with E-state index in [9.17, 15) is 13.2 Å². The number of sulfonamides is 1. The van der Waals surface area contributed by atoms with Crippen LogP contribution in [-0.2, 0) is 21.4 Å². The fourth-order valence-electron chi connectivity index (χ4n) is 2.06. The van der Waals surface area contributed by atoms with Gasteiger partial charge in [0.15, 0.2) is 0 Å². The first-order chi connectivity index (χ1) is 9.88. The molecule has 21 heavy (non-hydrogen) atoms. The number of nitrogens with zero attached hydrogens (tertiary/aromatic N) is 1. The molecular weight excluding hydrogens is 290 g/mol. The number of rotatable bonds is 6. The second-order valence-corrected chi connectivity index (χ2v) is 7.09. The molecule has 0 bridgehead atoms. The monoisotopic (exact) mass is 307 g/mol. The van der Waals surface area contributed by atoms with Gasteiger partial charge in [-0.05, 0) is 22.4 Å². The lowest BCUT2D eigenvalue weighted by atomic mass is 10.1. The van der Waals surface area contributed by atoms with Crippen LogP contribution in [0.3, 0.4) is 0 Å². The maximum absolute atomic E-state index is 12.0. The van der Waals surface area contributed by atoms with Gasteiger partial charge in [0, 0.05) is 13.6 Å². The second-order valence-electron chi connectivity index (χ2n) is 4.90. The molecule has 0 heterocycles. The molecule has 0 amide bonds. The summed E-state index contributed by atoms with van der Waals surface area (Å²) >= 11 is 0. The Bertz CT molecular complexity index is 755. The van der Waals surface area contributed by atoms with E-state index in [1.54, 1.807) is 0 Å². The standard InChI is InChI=1S/C15H17NO4S/c1-16(21(19,20)9-8-15(17)18)11-12-6-7-13-4-2-3-5-14(13)10-12/h2-7,10H,8-9,11H2,1H3,(H,17,18). The molecule has 1 N–H and O–H groups in total. The quantitative estimate of drug-likeness (QED) is 0.886. The first-order valence-electron chi connectivity index (χ1n) is 6.52. The molecule has 2 rings (SSSR count). The summed E-state index contributed by atoms with van der Waals surface area (Å²) in [5, 5.41) is 10.7. The van der Waals surface area contributed by atoms with Crippen molar-refractivity contribution < 1.29 is 18.3 Å². The summed E-state index contributed by atoms with van der Waals surface area (Å²) < 4.78 is 25.1. The van der Waals surface area contributed by atoms with Crippen molar-refractivity contribution in [3.63, 3.8) is 0 Å². The minimum absolute atomic E-state index is 0.229. The fraction of sp³-hybridized carbons (Fsp3) is 0.267. The first kappa shape index (κ1) is 15.5. The molecule has 0 atom stereocenters. The number of carbonyl (C=O) groups is 1.